The molecule has 38 heavy (non-hydrogen) atoms. The summed E-state index contributed by atoms with van der Waals surface area (Å²) in [5.74, 6) is 0. The molecule has 0 aromatic carbocycles. The molecule has 0 saturated carbocycles. The lowest BCUT2D eigenvalue weighted by atomic mass is 9.77. The second kappa shape index (κ2) is 16.8. The van der Waals surface area contributed by atoms with Gasteiger partial charge in [0, 0.05) is 44.0 Å². The van der Waals surface area contributed by atoms with E-state index in [4.69, 9.17) is 19.8 Å². The van der Waals surface area contributed by atoms with Crippen LogP contribution in [0.3, 0.4) is 0 Å². The summed E-state index contributed by atoms with van der Waals surface area (Å²) in [5, 5.41) is 17.2. The number of nitrogens with zero attached hydrogens (tertiary/aromatic N) is 5. The van der Waals surface area contributed by atoms with Gasteiger partial charge in [-0.15, -0.1) is 0 Å². The van der Waals surface area contributed by atoms with Crippen LogP contribution in [0.25, 0.3) is 0 Å². The molecule has 192 valence electrons. The number of hydrogen-bond acceptors (Lipinski definition) is 7. The summed E-state index contributed by atoms with van der Waals surface area (Å²) in [4.78, 5) is 12.2. The van der Waals surface area contributed by atoms with Crippen LogP contribution in [0.5, 0.6) is 0 Å². The van der Waals surface area contributed by atoms with Crippen LogP contribution in [-0.4, -0.2) is 48.7 Å². The highest BCUT2D eigenvalue weighted by atomic mass is 79.9. The minimum Gasteiger partial charge on any atom is -0.399 e. The fourth-order valence-corrected chi connectivity index (χ4v) is 3.75. The second-order valence-corrected chi connectivity index (χ2v) is 11.0. The van der Waals surface area contributed by atoms with Crippen molar-refractivity contribution in [3.8, 4) is 12.1 Å². The van der Waals surface area contributed by atoms with Gasteiger partial charge in [0.15, 0.2) is 0 Å². The predicted molar refractivity (Wildman–Crippen MR) is 162 cm³/mol. The molecule has 3 aromatic rings. The maximum Gasteiger partial charge on any atom is 0.496 e. The topological polar surface area (TPSA) is 105 Å². The van der Waals surface area contributed by atoms with Crippen molar-refractivity contribution < 1.29 is 9.31 Å². The zero-order valence-corrected chi connectivity index (χ0v) is 26.3. The first-order valence-electron chi connectivity index (χ1n) is 11.2. The first-order valence-corrected chi connectivity index (χ1v) is 13.6. The van der Waals surface area contributed by atoms with Gasteiger partial charge in [0.1, 0.15) is 4.60 Å². The molecule has 0 unspecified atom stereocenters. The number of rotatable bonds is 3. The summed E-state index contributed by atoms with van der Waals surface area (Å²) in [6.07, 6.45) is 5.72. The lowest BCUT2D eigenvalue weighted by Crippen LogP contribution is -2.41. The van der Waals surface area contributed by atoms with Crippen molar-refractivity contribution in [1.29, 1.82) is 10.5 Å². The Morgan fingerprint density at radius 2 is 1.21 bits per heavy atom. The number of nitriles is 2. The molecule has 1 saturated heterocycles. The van der Waals surface area contributed by atoms with Gasteiger partial charge in [0.25, 0.3) is 0 Å². The van der Waals surface area contributed by atoms with Gasteiger partial charge >= 0.3 is 7.12 Å². The Morgan fingerprint density at radius 3 is 1.66 bits per heavy atom. The third-order valence-electron chi connectivity index (χ3n) is 5.47. The smallest absolute Gasteiger partial charge is 0.399 e. The standard InChI is InChI=1S/C13H17BN2O2.C7H5BrN2.C5H3Br2N.B2/c1-12(2)13(3,4)18-14(17-12)10-6-5-9-16-11(10)7-8-15;8-6-2-1-5-10-7(6)3-4-9;6-4-2-1-3-8-5(4)7;1-2/h5-6,9H,7H2,1-4H3;1-2,5H,3H2;1-3H;. The van der Waals surface area contributed by atoms with Crippen LogP contribution in [0.1, 0.15) is 39.1 Å². The highest BCUT2D eigenvalue weighted by Gasteiger charge is 2.52. The molecular weight excluding hydrogens is 674 g/mol. The van der Waals surface area contributed by atoms with E-state index in [0.717, 1.165) is 30.4 Å². The Hall–Kier alpha value is -2.02. The Balaban J connectivity index is 0.000000304. The molecule has 1 aliphatic heterocycles. The van der Waals surface area contributed by atoms with Crippen LogP contribution in [0, 0.1) is 22.7 Å². The maximum absolute atomic E-state index is 8.82. The number of pyridine rings is 3. The van der Waals surface area contributed by atoms with Gasteiger partial charge < -0.3 is 9.31 Å². The molecule has 4 radical (unpaired) electrons. The molecule has 0 bridgehead atoms. The van der Waals surface area contributed by atoms with Crippen molar-refractivity contribution in [1.82, 2.24) is 15.0 Å². The van der Waals surface area contributed by atoms with Crippen LogP contribution < -0.4 is 5.46 Å². The fraction of sp³-hybridized carbons (Fsp3) is 0.320. The van der Waals surface area contributed by atoms with Crippen molar-refractivity contribution in [2.45, 2.75) is 51.7 Å². The van der Waals surface area contributed by atoms with Gasteiger partial charge in [0.05, 0.1) is 52.0 Å². The third kappa shape index (κ3) is 10.3. The Labute approximate surface area is 253 Å². The SMILES string of the molecule is Brc1cccnc1Br.CC1(C)OB(c2cccnc2CC#N)OC1(C)C.N#CCc1ncccc1Br.[B][B]. The Kier molecular flexibility index (Phi) is 15.1. The average Bonchev–Trinajstić information content (AvgIpc) is 3.11. The fourth-order valence-electron chi connectivity index (χ4n) is 2.85. The molecule has 0 atom stereocenters. The molecule has 13 heteroatoms. The van der Waals surface area contributed by atoms with E-state index in [1.165, 1.54) is 0 Å². The molecule has 7 nitrogen and oxygen atoms in total. The summed E-state index contributed by atoms with van der Waals surface area (Å²) in [7, 11) is 7.55. The van der Waals surface area contributed by atoms with Crippen LogP contribution in [0.15, 0.2) is 68.5 Å². The number of aromatic nitrogens is 3. The lowest BCUT2D eigenvalue weighted by molar-refractivity contribution is 0.00578. The van der Waals surface area contributed by atoms with Gasteiger partial charge in [-0.1, -0.05) is 6.07 Å². The van der Waals surface area contributed by atoms with E-state index in [-0.39, 0.29) is 17.6 Å². The maximum atomic E-state index is 8.82. The van der Waals surface area contributed by atoms with Crippen molar-refractivity contribution >= 4 is 75.8 Å². The Morgan fingerprint density at radius 1 is 0.763 bits per heavy atom. The van der Waals surface area contributed by atoms with Crippen molar-refractivity contribution in [3.05, 3.63) is 79.9 Å². The van der Waals surface area contributed by atoms with E-state index in [0.29, 0.717) is 6.42 Å². The quantitative estimate of drug-likeness (QED) is 0.274. The van der Waals surface area contributed by atoms with Crippen LogP contribution in [-0.2, 0) is 22.2 Å². The van der Waals surface area contributed by atoms with Gasteiger partial charge in [-0.25, -0.2) is 4.98 Å². The Bertz CT molecular complexity index is 1220. The normalized spacial score (nSPS) is 14.2. The highest BCUT2D eigenvalue weighted by molar-refractivity contribution is 9.13. The van der Waals surface area contributed by atoms with Gasteiger partial charge in [-0.05, 0) is 106 Å². The predicted octanol–water partition coefficient (Wildman–Crippen LogP) is 5.20. The molecule has 0 N–H and O–H groups in total. The zero-order valence-electron chi connectivity index (χ0n) is 21.5. The van der Waals surface area contributed by atoms with Crippen LogP contribution in [0.4, 0.5) is 0 Å². The summed E-state index contributed by atoms with van der Waals surface area (Å²) in [6, 6.07) is 15.4. The van der Waals surface area contributed by atoms with E-state index < -0.39 is 7.12 Å². The zero-order chi connectivity index (χ0) is 28.8. The van der Waals surface area contributed by atoms with E-state index >= 15 is 0 Å². The summed E-state index contributed by atoms with van der Waals surface area (Å²) in [6.45, 7) is 8.03. The first kappa shape index (κ1) is 34.0. The monoisotopic (exact) mass is 697 g/mol. The molecule has 1 aliphatic rings. The number of halogens is 3. The molecule has 1 fully saturated rings. The van der Waals surface area contributed by atoms with Gasteiger partial charge in [-0.3, -0.25) is 9.97 Å². The van der Waals surface area contributed by atoms with Crippen LogP contribution >= 0.6 is 47.8 Å². The van der Waals surface area contributed by atoms with E-state index in [1.54, 1.807) is 18.6 Å². The van der Waals surface area contributed by atoms with Crippen molar-refractivity contribution in [3.63, 3.8) is 0 Å². The summed E-state index contributed by atoms with van der Waals surface area (Å²) in [5.41, 5.74) is 1.61. The first-order chi connectivity index (χ1) is 18.0. The van der Waals surface area contributed by atoms with Crippen molar-refractivity contribution in [2.24, 2.45) is 0 Å². The molecule has 0 spiro atoms. The highest BCUT2D eigenvalue weighted by Crippen LogP contribution is 2.36. The van der Waals surface area contributed by atoms with Crippen LogP contribution in [0.2, 0.25) is 0 Å². The summed E-state index contributed by atoms with van der Waals surface area (Å²) >= 11 is 9.81. The molecular formula is C25H25B3Br3N5O2. The van der Waals surface area contributed by atoms with Gasteiger partial charge in [-0.2, -0.15) is 10.5 Å². The minimum atomic E-state index is -0.452. The van der Waals surface area contributed by atoms with Crippen molar-refractivity contribution in [2.75, 3.05) is 0 Å². The summed E-state index contributed by atoms with van der Waals surface area (Å²) < 4.78 is 14.7. The number of hydrogen-bond donors (Lipinski definition) is 0. The minimum absolute atomic E-state index is 0.264. The molecule has 4 rings (SSSR count). The van der Waals surface area contributed by atoms with Gasteiger partial charge in [0.2, 0.25) is 0 Å². The third-order valence-corrected chi connectivity index (χ3v) is 8.00. The van der Waals surface area contributed by atoms with E-state index in [9.17, 15) is 0 Å². The van der Waals surface area contributed by atoms with E-state index in [2.05, 4.69) is 84.3 Å². The van der Waals surface area contributed by atoms with E-state index in [1.807, 2.05) is 70.2 Å². The second-order valence-electron chi connectivity index (χ2n) is 8.51. The average molecular weight is 700 g/mol. The molecule has 0 amide bonds. The molecule has 4 heterocycles. The largest absolute Gasteiger partial charge is 0.496 e. The lowest BCUT2D eigenvalue weighted by Gasteiger charge is -2.32. The molecule has 0 aliphatic carbocycles. The molecule has 3 aromatic heterocycles.